The summed E-state index contributed by atoms with van der Waals surface area (Å²) in [6.45, 7) is 9.43. The summed E-state index contributed by atoms with van der Waals surface area (Å²) in [5, 5.41) is 7.18. The van der Waals surface area contributed by atoms with E-state index in [4.69, 9.17) is 11.6 Å². The number of carbonyl (C=O) groups excluding carboxylic acids is 1. The molecule has 0 aliphatic rings. The SMILES string of the molecule is CC(C)c1cccc(C(C)C)c1NC(=O)CNCc1ccccc1-c1ccccc1Cl. The number of anilines is 1. The van der Waals surface area contributed by atoms with Crippen molar-refractivity contribution in [2.24, 2.45) is 0 Å². The molecule has 0 saturated heterocycles. The Bertz CT molecular complexity index is 1020. The average molecular weight is 435 g/mol. The highest BCUT2D eigenvalue weighted by molar-refractivity contribution is 6.33. The van der Waals surface area contributed by atoms with Crippen molar-refractivity contribution in [1.82, 2.24) is 5.32 Å². The summed E-state index contributed by atoms with van der Waals surface area (Å²) in [5.41, 5.74) is 6.48. The van der Waals surface area contributed by atoms with Crippen molar-refractivity contribution in [1.29, 1.82) is 0 Å². The molecule has 0 aliphatic carbocycles. The largest absolute Gasteiger partial charge is 0.324 e. The number of hydrogen-bond donors (Lipinski definition) is 2. The molecular weight excluding hydrogens is 404 g/mol. The molecule has 3 rings (SSSR count). The summed E-state index contributed by atoms with van der Waals surface area (Å²) in [6, 6.07) is 22.2. The fraction of sp³-hybridized carbons (Fsp3) is 0.296. The summed E-state index contributed by atoms with van der Waals surface area (Å²) < 4.78 is 0. The van der Waals surface area contributed by atoms with Crippen molar-refractivity contribution >= 4 is 23.2 Å². The van der Waals surface area contributed by atoms with Crippen LogP contribution >= 0.6 is 11.6 Å². The van der Waals surface area contributed by atoms with Gasteiger partial charge in [0, 0.05) is 22.8 Å². The van der Waals surface area contributed by atoms with Crippen LogP contribution in [0.25, 0.3) is 11.1 Å². The van der Waals surface area contributed by atoms with Crippen LogP contribution in [-0.4, -0.2) is 12.5 Å². The van der Waals surface area contributed by atoms with Crippen molar-refractivity contribution in [3.63, 3.8) is 0 Å². The molecule has 0 atom stereocenters. The Morgan fingerprint density at radius 1 is 0.806 bits per heavy atom. The molecule has 31 heavy (non-hydrogen) atoms. The van der Waals surface area contributed by atoms with Crippen LogP contribution < -0.4 is 10.6 Å². The van der Waals surface area contributed by atoms with Crippen LogP contribution in [0.1, 0.15) is 56.2 Å². The highest BCUT2D eigenvalue weighted by atomic mass is 35.5. The number of rotatable bonds is 8. The van der Waals surface area contributed by atoms with Crippen molar-refractivity contribution in [3.05, 3.63) is 88.4 Å². The molecule has 0 aromatic heterocycles. The van der Waals surface area contributed by atoms with Gasteiger partial charge in [0.1, 0.15) is 0 Å². The summed E-state index contributed by atoms with van der Waals surface area (Å²) in [6.07, 6.45) is 0. The van der Waals surface area contributed by atoms with Gasteiger partial charge in [-0.25, -0.2) is 0 Å². The molecule has 0 bridgehead atoms. The van der Waals surface area contributed by atoms with E-state index in [1.54, 1.807) is 0 Å². The third kappa shape index (κ3) is 5.75. The van der Waals surface area contributed by atoms with Crippen LogP contribution in [0.4, 0.5) is 5.69 Å². The van der Waals surface area contributed by atoms with Gasteiger partial charge in [0.25, 0.3) is 0 Å². The molecular formula is C27H31ClN2O. The maximum absolute atomic E-state index is 12.8. The molecule has 162 valence electrons. The fourth-order valence-corrected chi connectivity index (χ4v) is 4.04. The standard InChI is InChI=1S/C27H31ClN2O/c1-18(2)21-13-9-14-22(19(3)4)27(21)30-26(31)17-29-16-20-10-5-6-11-23(20)24-12-7-8-15-25(24)28/h5-15,18-19,29H,16-17H2,1-4H3,(H,30,31). The smallest absolute Gasteiger partial charge is 0.238 e. The molecule has 1 amide bonds. The van der Waals surface area contributed by atoms with Crippen molar-refractivity contribution < 1.29 is 4.79 Å². The first-order valence-corrected chi connectivity index (χ1v) is 11.2. The number of carbonyl (C=O) groups is 1. The number of halogens is 1. The van der Waals surface area contributed by atoms with Gasteiger partial charge < -0.3 is 10.6 Å². The fourth-order valence-electron chi connectivity index (χ4n) is 3.81. The lowest BCUT2D eigenvalue weighted by Crippen LogP contribution is -2.28. The summed E-state index contributed by atoms with van der Waals surface area (Å²) in [5.74, 6) is 0.638. The Hall–Kier alpha value is -2.62. The Balaban J connectivity index is 1.70. The first-order valence-electron chi connectivity index (χ1n) is 10.8. The molecule has 0 spiro atoms. The van der Waals surface area contributed by atoms with Crippen LogP contribution in [0.15, 0.2) is 66.7 Å². The van der Waals surface area contributed by atoms with Gasteiger partial charge in [-0.2, -0.15) is 0 Å². The maximum atomic E-state index is 12.8. The number of benzene rings is 3. The molecule has 3 aromatic rings. The number of amides is 1. The molecule has 0 unspecified atom stereocenters. The molecule has 0 heterocycles. The monoisotopic (exact) mass is 434 g/mol. The van der Waals surface area contributed by atoms with E-state index in [0.29, 0.717) is 18.4 Å². The van der Waals surface area contributed by atoms with E-state index in [2.05, 4.69) is 68.7 Å². The molecule has 3 nitrogen and oxygen atoms in total. The normalized spacial score (nSPS) is 11.2. The zero-order valence-electron chi connectivity index (χ0n) is 18.7. The zero-order chi connectivity index (χ0) is 22.4. The van der Waals surface area contributed by atoms with E-state index in [9.17, 15) is 4.79 Å². The predicted molar refractivity (Wildman–Crippen MR) is 132 cm³/mol. The molecule has 3 aromatic carbocycles. The lowest BCUT2D eigenvalue weighted by Gasteiger charge is -2.20. The van der Waals surface area contributed by atoms with Crippen LogP contribution in [0.2, 0.25) is 5.02 Å². The Morgan fingerprint density at radius 2 is 1.39 bits per heavy atom. The predicted octanol–water partition coefficient (Wildman–Crippen LogP) is 6.98. The molecule has 2 N–H and O–H groups in total. The van der Waals surface area contributed by atoms with Crippen molar-refractivity contribution in [2.75, 3.05) is 11.9 Å². The second-order valence-corrected chi connectivity index (χ2v) is 8.82. The first kappa shape index (κ1) is 23.1. The van der Waals surface area contributed by atoms with Crippen molar-refractivity contribution in [3.8, 4) is 11.1 Å². The third-order valence-corrected chi connectivity index (χ3v) is 5.75. The van der Waals surface area contributed by atoms with Gasteiger partial charge in [-0.1, -0.05) is 100.0 Å². The van der Waals surface area contributed by atoms with E-state index >= 15 is 0 Å². The quantitative estimate of drug-likeness (QED) is 0.401. The van der Waals surface area contributed by atoms with E-state index in [1.807, 2.05) is 36.4 Å². The lowest BCUT2D eigenvalue weighted by molar-refractivity contribution is -0.115. The molecule has 0 aliphatic heterocycles. The second kappa shape index (κ2) is 10.6. The van der Waals surface area contributed by atoms with Gasteiger partial charge in [0.15, 0.2) is 0 Å². The zero-order valence-corrected chi connectivity index (χ0v) is 19.5. The van der Waals surface area contributed by atoms with Gasteiger partial charge in [0.05, 0.1) is 6.54 Å². The van der Waals surface area contributed by atoms with Crippen LogP contribution in [0.5, 0.6) is 0 Å². The topological polar surface area (TPSA) is 41.1 Å². The van der Waals surface area contributed by atoms with Crippen molar-refractivity contribution in [2.45, 2.75) is 46.1 Å². The maximum Gasteiger partial charge on any atom is 0.238 e. The number of hydrogen-bond acceptors (Lipinski definition) is 2. The average Bonchev–Trinajstić information content (AvgIpc) is 2.74. The molecule has 0 saturated carbocycles. The highest BCUT2D eigenvalue weighted by Crippen LogP contribution is 2.32. The summed E-state index contributed by atoms with van der Waals surface area (Å²) >= 11 is 6.40. The second-order valence-electron chi connectivity index (χ2n) is 8.41. The van der Waals surface area contributed by atoms with E-state index in [-0.39, 0.29) is 12.5 Å². The lowest BCUT2D eigenvalue weighted by atomic mass is 9.92. The van der Waals surface area contributed by atoms with Gasteiger partial charge in [-0.3, -0.25) is 4.79 Å². The van der Waals surface area contributed by atoms with Crippen LogP contribution in [0.3, 0.4) is 0 Å². The van der Waals surface area contributed by atoms with E-state index in [1.165, 1.54) is 11.1 Å². The number of nitrogens with one attached hydrogen (secondary N) is 2. The van der Waals surface area contributed by atoms with Gasteiger partial charge in [0.2, 0.25) is 5.91 Å². The van der Waals surface area contributed by atoms with Gasteiger partial charge in [-0.05, 0) is 40.2 Å². The molecule has 0 fully saturated rings. The summed E-state index contributed by atoms with van der Waals surface area (Å²) in [7, 11) is 0. The van der Waals surface area contributed by atoms with E-state index in [0.717, 1.165) is 27.4 Å². The summed E-state index contributed by atoms with van der Waals surface area (Å²) in [4.78, 5) is 12.8. The Kier molecular flexibility index (Phi) is 7.89. The first-order chi connectivity index (χ1) is 14.9. The number of para-hydroxylation sites is 1. The molecule has 0 radical (unpaired) electrons. The molecule has 4 heteroatoms. The third-order valence-electron chi connectivity index (χ3n) is 5.42. The van der Waals surface area contributed by atoms with Crippen LogP contribution in [-0.2, 0) is 11.3 Å². The van der Waals surface area contributed by atoms with Gasteiger partial charge >= 0.3 is 0 Å². The van der Waals surface area contributed by atoms with Gasteiger partial charge in [-0.15, -0.1) is 0 Å². The Morgan fingerprint density at radius 3 is 2.00 bits per heavy atom. The Labute approximate surface area is 190 Å². The minimum Gasteiger partial charge on any atom is -0.324 e. The van der Waals surface area contributed by atoms with E-state index < -0.39 is 0 Å². The minimum absolute atomic E-state index is 0.0368. The van der Waals surface area contributed by atoms with Crippen LogP contribution in [0, 0.1) is 0 Å². The minimum atomic E-state index is -0.0368. The highest BCUT2D eigenvalue weighted by Gasteiger charge is 2.16.